The average Bonchev–Trinajstić information content (AvgIpc) is 2.53. The molecule has 102 valence electrons. The standard InChI is InChI=1S/C18H20N2/c19-13-18(20-17-8-2-1-3-9-17)16-11-10-14-6-4-5-7-15(14)12-16/h4-7,10-12,17-18,20H,1-3,8-9H2. The molecule has 2 heteroatoms. The van der Waals surface area contributed by atoms with Crippen molar-refractivity contribution in [1.82, 2.24) is 5.32 Å². The van der Waals surface area contributed by atoms with Crippen LogP contribution in [0.1, 0.15) is 43.7 Å². The first-order valence-electron chi connectivity index (χ1n) is 7.51. The molecule has 0 radical (unpaired) electrons. The second kappa shape index (κ2) is 6.07. The molecule has 20 heavy (non-hydrogen) atoms. The van der Waals surface area contributed by atoms with Crippen molar-refractivity contribution in [3.8, 4) is 6.07 Å². The molecule has 0 aliphatic heterocycles. The number of rotatable bonds is 3. The third kappa shape index (κ3) is 2.84. The number of nitrogens with one attached hydrogen (secondary N) is 1. The van der Waals surface area contributed by atoms with Crippen molar-refractivity contribution in [2.75, 3.05) is 0 Å². The Morgan fingerprint density at radius 1 is 1.00 bits per heavy atom. The van der Waals surface area contributed by atoms with Crippen molar-refractivity contribution in [1.29, 1.82) is 5.26 Å². The van der Waals surface area contributed by atoms with Crippen LogP contribution in [0.3, 0.4) is 0 Å². The number of fused-ring (bicyclic) bond motifs is 1. The zero-order valence-corrected chi connectivity index (χ0v) is 11.7. The molecule has 2 aromatic carbocycles. The number of benzene rings is 2. The topological polar surface area (TPSA) is 35.8 Å². The quantitative estimate of drug-likeness (QED) is 0.895. The lowest BCUT2D eigenvalue weighted by Crippen LogP contribution is -2.33. The van der Waals surface area contributed by atoms with E-state index in [1.807, 2.05) is 12.1 Å². The summed E-state index contributed by atoms with van der Waals surface area (Å²) in [6, 6.07) is 17.3. The van der Waals surface area contributed by atoms with Gasteiger partial charge in [0.25, 0.3) is 0 Å². The number of nitrogens with zero attached hydrogens (tertiary/aromatic N) is 1. The van der Waals surface area contributed by atoms with Crippen LogP contribution in [0.5, 0.6) is 0 Å². The number of hydrogen-bond donors (Lipinski definition) is 1. The van der Waals surface area contributed by atoms with Crippen LogP contribution >= 0.6 is 0 Å². The van der Waals surface area contributed by atoms with Crippen LogP contribution in [-0.2, 0) is 0 Å². The first-order valence-corrected chi connectivity index (χ1v) is 7.51. The van der Waals surface area contributed by atoms with Crippen molar-refractivity contribution in [2.24, 2.45) is 0 Å². The van der Waals surface area contributed by atoms with Gasteiger partial charge in [0, 0.05) is 6.04 Å². The largest absolute Gasteiger partial charge is 0.295 e. The highest BCUT2D eigenvalue weighted by Crippen LogP contribution is 2.24. The number of nitriles is 1. The zero-order chi connectivity index (χ0) is 13.8. The third-order valence-corrected chi connectivity index (χ3v) is 4.24. The normalized spacial score (nSPS) is 17.8. The maximum atomic E-state index is 9.47. The minimum atomic E-state index is -0.192. The summed E-state index contributed by atoms with van der Waals surface area (Å²) in [6.45, 7) is 0. The molecule has 1 fully saturated rings. The van der Waals surface area contributed by atoms with Gasteiger partial charge in [0.15, 0.2) is 0 Å². The van der Waals surface area contributed by atoms with Crippen LogP contribution in [0.4, 0.5) is 0 Å². The summed E-state index contributed by atoms with van der Waals surface area (Å²) in [6.07, 6.45) is 6.31. The lowest BCUT2D eigenvalue weighted by atomic mass is 9.94. The second-order valence-corrected chi connectivity index (χ2v) is 5.67. The van der Waals surface area contributed by atoms with Crippen LogP contribution < -0.4 is 5.32 Å². The summed E-state index contributed by atoms with van der Waals surface area (Å²) in [5, 5.41) is 15.4. The molecule has 0 amide bonds. The molecule has 1 unspecified atom stereocenters. The predicted octanol–water partition coefficient (Wildman–Crippen LogP) is 4.33. The summed E-state index contributed by atoms with van der Waals surface area (Å²) in [5.74, 6) is 0. The SMILES string of the molecule is N#CC(NC1CCCCC1)c1ccc2ccccc2c1. The van der Waals surface area contributed by atoms with Crippen LogP contribution in [-0.4, -0.2) is 6.04 Å². The van der Waals surface area contributed by atoms with Gasteiger partial charge >= 0.3 is 0 Å². The van der Waals surface area contributed by atoms with E-state index in [4.69, 9.17) is 0 Å². The molecular weight excluding hydrogens is 244 g/mol. The van der Waals surface area contributed by atoms with Gasteiger partial charge in [0.2, 0.25) is 0 Å². The third-order valence-electron chi connectivity index (χ3n) is 4.24. The van der Waals surface area contributed by atoms with Crippen LogP contribution in [0.25, 0.3) is 10.8 Å². The highest BCUT2D eigenvalue weighted by molar-refractivity contribution is 5.83. The monoisotopic (exact) mass is 264 g/mol. The first-order chi connectivity index (χ1) is 9.86. The van der Waals surface area contributed by atoms with E-state index >= 15 is 0 Å². The molecule has 1 aliphatic rings. The Hall–Kier alpha value is -1.85. The summed E-state index contributed by atoms with van der Waals surface area (Å²) in [4.78, 5) is 0. The van der Waals surface area contributed by atoms with Gasteiger partial charge in [-0.15, -0.1) is 0 Å². The van der Waals surface area contributed by atoms with Gasteiger partial charge in [-0.1, -0.05) is 55.7 Å². The Morgan fingerprint density at radius 3 is 2.50 bits per heavy atom. The van der Waals surface area contributed by atoms with E-state index in [9.17, 15) is 5.26 Å². The molecule has 0 bridgehead atoms. The lowest BCUT2D eigenvalue weighted by Gasteiger charge is -2.25. The molecule has 0 heterocycles. The second-order valence-electron chi connectivity index (χ2n) is 5.67. The van der Waals surface area contributed by atoms with Gasteiger partial charge in [-0.2, -0.15) is 5.26 Å². The maximum absolute atomic E-state index is 9.47. The van der Waals surface area contributed by atoms with Crippen molar-refractivity contribution >= 4 is 10.8 Å². The van der Waals surface area contributed by atoms with E-state index in [1.54, 1.807) is 0 Å². The summed E-state index contributed by atoms with van der Waals surface area (Å²) in [5.41, 5.74) is 1.08. The van der Waals surface area contributed by atoms with Gasteiger partial charge in [-0.25, -0.2) is 0 Å². The van der Waals surface area contributed by atoms with E-state index in [0.29, 0.717) is 6.04 Å². The summed E-state index contributed by atoms with van der Waals surface area (Å²) in [7, 11) is 0. The van der Waals surface area contributed by atoms with E-state index in [-0.39, 0.29) is 6.04 Å². The van der Waals surface area contributed by atoms with E-state index < -0.39 is 0 Å². The highest BCUT2D eigenvalue weighted by atomic mass is 14.9. The Kier molecular flexibility index (Phi) is 3.99. The number of hydrogen-bond acceptors (Lipinski definition) is 2. The van der Waals surface area contributed by atoms with Gasteiger partial charge in [-0.3, -0.25) is 5.32 Å². The first kappa shape index (κ1) is 13.1. The fourth-order valence-corrected chi connectivity index (χ4v) is 3.10. The molecule has 1 aliphatic carbocycles. The highest BCUT2D eigenvalue weighted by Gasteiger charge is 2.18. The average molecular weight is 264 g/mol. The minimum absolute atomic E-state index is 0.192. The van der Waals surface area contributed by atoms with Crippen molar-refractivity contribution in [2.45, 2.75) is 44.2 Å². The lowest BCUT2D eigenvalue weighted by molar-refractivity contribution is 0.360. The van der Waals surface area contributed by atoms with E-state index in [2.05, 4.69) is 41.7 Å². The molecule has 1 N–H and O–H groups in total. The molecule has 2 nitrogen and oxygen atoms in total. The van der Waals surface area contributed by atoms with Crippen LogP contribution in [0.15, 0.2) is 42.5 Å². The summed E-state index contributed by atoms with van der Waals surface area (Å²) < 4.78 is 0. The molecule has 0 saturated heterocycles. The molecule has 0 aromatic heterocycles. The molecule has 1 saturated carbocycles. The Morgan fingerprint density at radius 2 is 1.75 bits per heavy atom. The van der Waals surface area contributed by atoms with Crippen LogP contribution in [0, 0.1) is 11.3 Å². The fourth-order valence-electron chi connectivity index (χ4n) is 3.10. The predicted molar refractivity (Wildman–Crippen MR) is 82.3 cm³/mol. The van der Waals surface area contributed by atoms with Crippen molar-refractivity contribution < 1.29 is 0 Å². The smallest absolute Gasteiger partial charge is 0.121 e. The minimum Gasteiger partial charge on any atom is -0.295 e. The Labute approximate surface area is 120 Å². The van der Waals surface area contributed by atoms with Gasteiger partial charge in [0.1, 0.15) is 6.04 Å². The Bertz CT molecular complexity index is 621. The maximum Gasteiger partial charge on any atom is 0.121 e. The molecule has 3 rings (SSSR count). The van der Waals surface area contributed by atoms with Crippen molar-refractivity contribution in [3.63, 3.8) is 0 Å². The molecule has 0 spiro atoms. The van der Waals surface area contributed by atoms with Gasteiger partial charge < -0.3 is 0 Å². The Balaban J connectivity index is 1.81. The van der Waals surface area contributed by atoms with Crippen LogP contribution in [0.2, 0.25) is 0 Å². The van der Waals surface area contributed by atoms with Crippen molar-refractivity contribution in [3.05, 3.63) is 48.0 Å². The van der Waals surface area contributed by atoms with E-state index in [1.165, 1.54) is 42.9 Å². The van der Waals surface area contributed by atoms with E-state index in [0.717, 1.165) is 5.56 Å². The molecular formula is C18H20N2. The van der Waals surface area contributed by atoms with Gasteiger partial charge in [-0.05, 0) is 35.2 Å². The zero-order valence-electron chi connectivity index (χ0n) is 11.7. The summed E-state index contributed by atoms with van der Waals surface area (Å²) >= 11 is 0. The van der Waals surface area contributed by atoms with Gasteiger partial charge in [0.05, 0.1) is 6.07 Å². The fraction of sp³-hybridized carbons (Fsp3) is 0.389. The molecule has 1 atom stereocenters. The molecule has 2 aromatic rings.